The van der Waals surface area contributed by atoms with E-state index in [1.165, 1.54) is 4.70 Å². The molecule has 1 heterocycles. The van der Waals surface area contributed by atoms with Crippen LogP contribution in [-0.4, -0.2) is 11.0 Å². The lowest BCUT2D eigenvalue weighted by molar-refractivity contribution is 0.442. The Morgan fingerprint density at radius 2 is 1.80 bits per heavy atom. The van der Waals surface area contributed by atoms with Crippen molar-refractivity contribution in [2.24, 2.45) is 11.8 Å². The molecule has 1 aromatic heterocycles. The van der Waals surface area contributed by atoms with Gasteiger partial charge in [-0.1, -0.05) is 39.3 Å². The highest BCUT2D eigenvalue weighted by atomic mass is 35.5. The fourth-order valence-corrected chi connectivity index (χ4v) is 3.49. The zero-order chi connectivity index (χ0) is 14.7. The number of benzene rings is 1. The number of hydrogen-bond acceptors (Lipinski definition) is 3. The van der Waals surface area contributed by atoms with Gasteiger partial charge < -0.3 is 5.32 Å². The molecule has 0 atom stereocenters. The van der Waals surface area contributed by atoms with Crippen molar-refractivity contribution in [2.75, 3.05) is 5.32 Å². The average Bonchev–Trinajstić information content (AvgIpc) is 2.79. The normalized spacial score (nSPS) is 12.0. The van der Waals surface area contributed by atoms with Gasteiger partial charge in [-0.05, 0) is 36.8 Å². The van der Waals surface area contributed by atoms with Gasteiger partial charge in [0, 0.05) is 6.04 Å². The van der Waals surface area contributed by atoms with Crippen LogP contribution in [0.2, 0.25) is 5.02 Å². The molecule has 1 aromatic carbocycles. The summed E-state index contributed by atoms with van der Waals surface area (Å²) in [6, 6.07) is 4.45. The molecule has 0 unspecified atom stereocenters. The molecule has 4 heteroatoms. The van der Waals surface area contributed by atoms with Gasteiger partial charge in [0.1, 0.15) is 5.52 Å². The predicted molar refractivity (Wildman–Crippen MR) is 91.0 cm³/mol. The van der Waals surface area contributed by atoms with Crippen LogP contribution in [-0.2, 0) is 0 Å². The number of nitrogens with one attached hydrogen (secondary N) is 1. The van der Waals surface area contributed by atoms with Gasteiger partial charge in [-0.2, -0.15) is 0 Å². The minimum absolute atomic E-state index is 0.444. The van der Waals surface area contributed by atoms with Gasteiger partial charge in [0.2, 0.25) is 0 Å². The summed E-state index contributed by atoms with van der Waals surface area (Å²) < 4.78 is 1.18. The lowest BCUT2D eigenvalue weighted by Crippen LogP contribution is -2.24. The molecule has 0 radical (unpaired) electrons. The van der Waals surface area contributed by atoms with E-state index in [9.17, 15) is 0 Å². The van der Waals surface area contributed by atoms with E-state index in [2.05, 4.69) is 38.0 Å². The molecule has 2 rings (SSSR count). The van der Waals surface area contributed by atoms with Crippen molar-refractivity contribution in [3.05, 3.63) is 22.7 Å². The molecular weight excluding hydrogens is 288 g/mol. The van der Waals surface area contributed by atoms with E-state index in [1.807, 2.05) is 17.6 Å². The summed E-state index contributed by atoms with van der Waals surface area (Å²) in [5, 5.41) is 4.42. The van der Waals surface area contributed by atoms with Crippen LogP contribution in [0.25, 0.3) is 10.2 Å². The van der Waals surface area contributed by atoms with Crippen LogP contribution >= 0.6 is 22.9 Å². The number of fused-ring (bicyclic) bond motifs is 1. The maximum atomic E-state index is 6.38. The van der Waals surface area contributed by atoms with Crippen molar-refractivity contribution in [2.45, 2.75) is 46.6 Å². The largest absolute Gasteiger partial charge is 0.379 e. The van der Waals surface area contributed by atoms with Crippen molar-refractivity contribution in [1.82, 2.24) is 4.98 Å². The molecule has 20 heavy (non-hydrogen) atoms. The Labute approximate surface area is 130 Å². The van der Waals surface area contributed by atoms with E-state index in [0.29, 0.717) is 17.9 Å². The number of aromatic nitrogens is 1. The summed E-state index contributed by atoms with van der Waals surface area (Å²) in [5.41, 5.74) is 3.88. The SMILES string of the molecule is CC(C)CC(CC(C)C)Nc1c(Cl)ccc2scnc12. The van der Waals surface area contributed by atoms with Crippen LogP contribution in [0, 0.1) is 11.8 Å². The Morgan fingerprint density at radius 1 is 1.15 bits per heavy atom. The first-order valence-corrected chi connectivity index (χ1v) is 8.51. The molecule has 0 saturated heterocycles. The predicted octanol–water partition coefficient (Wildman–Crippen LogP) is 5.82. The summed E-state index contributed by atoms with van der Waals surface area (Å²) in [6.07, 6.45) is 2.30. The highest BCUT2D eigenvalue weighted by Gasteiger charge is 2.16. The van der Waals surface area contributed by atoms with E-state index in [4.69, 9.17) is 11.6 Å². The summed E-state index contributed by atoms with van der Waals surface area (Å²) in [7, 11) is 0. The first kappa shape index (κ1) is 15.6. The first-order chi connectivity index (χ1) is 9.47. The van der Waals surface area contributed by atoms with E-state index < -0.39 is 0 Å². The minimum Gasteiger partial charge on any atom is -0.379 e. The molecule has 0 bridgehead atoms. The molecule has 1 N–H and O–H groups in total. The van der Waals surface area contributed by atoms with Gasteiger partial charge in [0.25, 0.3) is 0 Å². The van der Waals surface area contributed by atoms with Gasteiger partial charge in [0.05, 0.1) is 20.9 Å². The van der Waals surface area contributed by atoms with Crippen LogP contribution < -0.4 is 5.32 Å². The molecule has 110 valence electrons. The summed E-state index contributed by atoms with van der Waals surface area (Å²) in [6.45, 7) is 9.06. The quantitative estimate of drug-likeness (QED) is 0.727. The van der Waals surface area contributed by atoms with Crippen LogP contribution in [0.3, 0.4) is 0 Å². The zero-order valence-corrected chi connectivity index (χ0v) is 14.2. The Balaban J connectivity index is 2.27. The molecule has 0 spiro atoms. The second-order valence-electron chi connectivity index (χ2n) is 6.22. The highest BCUT2D eigenvalue weighted by Crippen LogP contribution is 2.33. The topological polar surface area (TPSA) is 24.9 Å². The van der Waals surface area contributed by atoms with E-state index in [1.54, 1.807) is 11.3 Å². The van der Waals surface area contributed by atoms with Gasteiger partial charge in [-0.3, -0.25) is 0 Å². The van der Waals surface area contributed by atoms with Gasteiger partial charge >= 0.3 is 0 Å². The second kappa shape index (κ2) is 6.77. The van der Waals surface area contributed by atoms with Crippen molar-refractivity contribution >= 4 is 38.8 Å². The summed E-state index contributed by atoms with van der Waals surface area (Å²) >= 11 is 8.03. The smallest absolute Gasteiger partial charge is 0.106 e. The highest BCUT2D eigenvalue weighted by molar-refractivity contribution is 7.16. The van der Waals surface area contributed by atoms with Crippen molar-refractivity contribution in [3.8, 4) is 0 Å². The average molecular weight is 311 g/mol. The molecule has 0 aliphatic carbocycles. The Hall–Kier alpha value is -0.800. The van der Waals surface area contributed by atoms with Crippen LogP contribution in [0.15, 0.2) is 17.6 Å². The second-order valence-corrected chi connectivity index (χ2v) is 7.52. The third-order valence-corrected chi connectivity index (χ3v) is 4.42. The summed E-state index contributed by atoms with van der Waals surface area (Å²) in [5.74, 6) is 1.33. The van der Waals surface area contributed by atoms with Crippen molar-refractivity contribution in [1.29, 1.82) is 0 Å². The van der Waals surface area contributed by atoms with Gasteiger partial charge in [-0.15, -0.1) is 11.3 Å². The standard InChI is InChI=1S/C16H23ClN2S/c1-10(2)7-12(8-11(3)4)19-15-13(17)5-6-14-16(15)18-9-20-14/h5-6,9-12,19H,7-8H2,1-4H3. The lowest BCUT2D eigenvalue weighted by atomic mass is 9.95. The monoisotopic (exact) mass is 310 g/mol. The molecule has 2 aromatic rings. The number of thiazole rings is 1. The zero-order valence-electron chi connectivity index (χ0n) is 12.6. The van der Waals surface area contributed by atoms with Gasteiger partial charge in [0.15, 0.2) is 0 Å². The molecule has 0 aliphatic heterocycles. The third kappa shape index (κ3) is 3.86. The molecule has 0 aliphatic rings. The van der Waals surface area contributed by atoms with Crippen LogP contribution in [0.4, 0.5) is 5.69 Å². The third-order valence-electron chi connectivity index (χ3n) is 3.31. The fraction of sp³-hybridized carbons (Fsp3) is 0.562. The van der Waals surface area contributed by atoms with Gasteiger partial charge in [-0.25, -0.2) is 4.98 Å². The van der Waals surface area contributed by atoms with Crippen molar-refractivity contribution < 1.29 is 0 Å². The molecule has 0 amide bonds. The number of nitrogens with zero attached hydrogens (tertiary/aromatic N) is 1. The van der Waals surface area contributed by atoms with Crippen LogP contribution in [0.5, 0.6) is 0 Å². The Kier molecular flexibility index (Phi) is 5.28. The molecule has 0 saturated carbocycles. The molecule has 0 fully saturated rings. The summed E-state index contributed by atoms with van der Waals surface area (Å²) in [4.78, 5) is 4.46. The van der Waals surface area contributed by atoms with E-state index >= 15 is 0 Å². The van der Waals surface area contributed by atoms with E-state index in [-0.39, 0.29) is 0 Å². The van der Waals surface area contributed by atoms with Crippen molar-refractivity contribution in [3.63, 3.8) is 0 Å². The van der Waals surface area contributed by atoms with Crippen LogP contribution in [0.1, 0.15) is 40.5 Å². The number of halogens is 1. The number of anilines is 1. The first-order valence-electron chi connectivity index (χ1n) is 7.25. The number of rotatable bonds is 6. The number of hydrogen-bond donors (Lipinski definition) is 1. The fourth-order valence-electron chi connectivity index (χ4n) is 2.60. The maximum absolute atomic E-state index is 6.38. The molecular formula is C16H23ClN2S. The Bertz CT molecular complexity index is 553. The Morgan fingerprint density at radius 3 is 2.40 bits per heavy atom. The maximum Gasteiger partial charge on any atom is 0.106 e. The lowest BCUT2D eigenvalue weighted by Gasteiger charge is -2.24. The minimum atomic E-state index is 0.444. The molecule has 2 nitrogen and oxygen atoms in total. The van der Waals surface area contributed by atoms with E-state index in [0.717, 1.165) is 29.1 Å².